The Morgan fingerprint density at radius 1 is 1.40 bits per heavy atom. The summed E-state index contributed by atoms with van der Waals surface area (Å²) in [4.78, 5) is 3.89. The van der Waals surface area contributed by atoms with E-state index >= 15 is 0 Å². The lowest BCUT2D eigenvalue weighted by Gasteiger charge is -2.15. The molecule has 0 aliphatic rings. The van der Waals surface area contributed by atoms with Crippen LogP contribution in [0.2, 0.25) is 0 Å². The number of aliphatic hydroxyl groups is 1. The summed E-state index contributed by atoms with van der Waals surface area (Å²) in [6.07, 6.45) is 3.15. The van der Waals surface area contributed by atoms with Gasteiger partial charge in [0.25, 0.3) is 0 Å². The predicted molar refractivity (Wildman–Crippen MR) is 72.9 cm³/mol. The molecule has 0 fully saturated rings. The van der Waals surface area contributed by atoms with Gasteiger partial charge in [-0.1, -0.05) is 11.8 Å². The highest BCUT2D eigenvalue weighted by Crippen LogP contribution is 2.14. The molecule has 1 rings (SSSR count). The Morgan fingerprint density at radius 2 is 2.15 bits per heavy atom. The molecular weight excluding hydrogens is 278 g/mol. The van der Waals surface area contributed by atoms with Crippen LogP contribution in [-0.4, -0.2) is 43.0 Å². The van der Waals surface area contributed by atoms with Crippen molar-refractivity contribution in [2.24, 2.45) is 0 Å². The van der Waals surface area contributed by atoms with Crippen molar-refractivity contribution in [1.29, 1.82) is 5.26 Å². The number of sulfonamides is 1. The van der Waals surface area contributed by atoms with Gasteiger partial charge in [0.2, 0.25) is 10.0 Å². The zero-order valence-corrected chi connectivity index (χ0v) is 11.9. The summed E-state index contributed by atoms with van der Waals surface area (Å²) >= 11 is 0. The lowest BCUT2D eigenvalue weighted by Crippen LogP contribution is -2.28. The van der Waals surface area contributed by atoms with Gasteiger partial charge in [0, 0.05) is 44.4 Å². The molecule has 0 aliphatic carbocycles. The number of aliphatic hydroxyl groups excluding tert-OH is 1. The van der Waals surface area contributed by atoms with E-state index in [4.69, 9.17) is 10.4 Å². The normalized spacial score (nSPS) is 10.7. The van der Waals surface area contributed by atoms with Crippen LogP contribution in [-0.2, 0) is 10.0 Å². The molecule has 0 amide bonds. The fourth-order valence-electron chi connectivity index (χ4n) is 1.36. The SMILES string of the molecule is CN(CCC#N)S(=O)(=O)c1cncc(C#CCCO)c1. The predicted octanol–water partition coefficient (Wildman–Crippen LogP) is 0.350. The summed E-state index contributed by atoms with van der Waals surface area (Å²) in [6.45, 7) is 0.0779. The highest BCUT2D eigenvalue weighted by molar-refractivity contribution is 7.89. The van der Waals surface area contributed by atoms with Gasteiger partial charge in [0.05, 0.1) is 12.7 Å². The third-order valence-electron chi connectivity index (χ3n) is 2.43. The van der Waals surface area contributed by atoms with E-state index in [-0.39, 0.29) is 24.5 Å². The first kappa shape index (κ1) is 16.1. The molecule has 0 radical (unpaired) electrons. The van der Waals surface area contributed by atoms with Crippen LogP contribution >= 0.6 is 0 Å². The Bertz CT molecular complexity index is 653. The second kappa shape index (κ2) is 7.61. The molecule has 1 heterocycles. The number of hydrogen-bond acceptors (Lipinski definition) is 5. The van der Waals surface area contributed by atoms with Gasteiger partial charge in [-0.3, -0.25) is 4.98 Å². The van der Waals surface area contributed by atoms with E-state index in [2.05, 4.69) is 16.8 Å². The lowest BCUT2D eigenvalue weighted by atomic mass is 10.3. The van der Waals surface area contributed by atoms with Crippen molar-refractivity contribution in [2.75, 3.05) is 20.2 Å². The van der Waals surface area contributed by atoms with Gasteiger partial charge in [0.1, 0.15) is 4.90 Å². The molecule has 0 unspecified atom stereocenters. The van der Waals surface area contributed by atoms with Crippen LogP contribution < -0.4 is 0 Å². The van der Waals surface area contributed by atoms with Crippen LogP contribution in [0.15, 0.2) is 23.4 Å². The maximum absolute atomic E-state index is 12.2. The van der Waals surface area contributed by atoms with Crippen molar-refractivity contribution in [2.45, 2.75) is 17.7 Å². The Hall–Kier alpha value is -1.93. The molecular formula is C13H15N3O3S. The monoisotopic (exact) mass is 293 g/mol. The topological polar surface area (TPSA) is 94.3 Å². The van der Waals surface area contributed by atoms with Crippen molar-refractivity contribution >= 4 is 10.0 Å². The van der Waals surface area contributed by atoms with Gasteiger partial charge in [-0.25, -0.2) is 8.42 Å². The van der Waals surface area contributed by atoms with Gasteiger partial charge in [0.15, 0.2) is 0 Å². The van der Waals surface area contributed by atoms with E-state index in [9.17, 15) is 8.42 Å². The zero-order valence-electron chi connectivity index (χ0n) is 11.1. The minimum atomic E-state index is -3.66. The summed E-state index contributed by atoms with van der Waals surface area (Å²) in [6, 6.07) is 3.33. The molecule has 0 aliphatic heterocycles. The molecule has 0 aromatic carbocycles. The molecule has 1 aromatic heterocycles. The van der Waals surface area contributed by atoms with Crippen LogP contribution in [0.3, 0.4) is 0 Å². The number of nitrogens with zero attached hydrogens (tertiary/aromatic N) is 3. The number of aromatic nitrogens is 1. The van der Waals surface area contributed by atoms with E-state index in [1.807, 2.05) is 6.07 Å². The largest absolute Gasteiger partial charge is 0.395 e. The molecule has 0 spiro atoms. The number of hydrogen-bond donors (Lipinski definition) is 1. The van der Waals surface area contributed by atoms with E-state index in [1.54, 1.807) is 0 Å². The molecule has 6 nitrogen and oxygen atoms in total. The summed E-state index contributed by atoms with van der Waals surface area (Å²) in [5.74, 6) is 5.43. The third-order valence-corrected chi connectivity index (χ3v) is 4.25. The van der Waals surface area contributed by atoms with E-state index in [1.165, 1.54) is 25.5 Å². The first-order valence-electron chi connectivity index (χ1n) is 5.90. The van der Waals surface area contributed by atoms with Gasteiger partial charge >= 0.3 is 0 Å². The van der Waals surface area contributed by atoms with Gasteiger partial charge in [-0.05, 0) is 6.07 Å². The molecule has 106 valence electrons. The average Bonchev–Trinajstić information content (AvgIpc) is 2.45. The standard InChI is InChI=1S/C13H15N3O3S/c1-16(7-4-6-14)20(18,19)13-9-12(10-15-11-13)5-2-3-8-17/h9-11,17H,3-4,7-8H2,1H3. The summed E-state index contributed by atoms with van der Waals surface area (Å²) in [5.41, 5.74) is 0.466. The summed E-state index contributed by atoms with van der Waals surface area (Å²) in [5, 5.41) is 17.1. The van der Waals surface area contributed by atoms with Crippen LogP contribution in [0.25, 0.3) is 0 Å². The van der Waals surface area contributed by atoms with E-state index < -0.39 is 10.0 Å². The summed E-state index contributed by atoms with van der Waals surface area (Å²) in [7, 11) is -2.25. The van der Waals surface area contributed by atoms with Gasteiger partial charge in [-0.15, -0.1) is 0 Å². The minimum absolute atomic E-state index is 0.0359. The Labute approximate surface area is 118 Å². The molecule has 0 saturated heterocycles. The summed E-state index contributed by atoms with van der Waals surface area (Å²) < 4.78 is 25.5. The Morgan fingerprint density at radius 3 is 2.80 bits per heavy atom. The molecule has 0 atom stereocenters. The highest BCUT2D eigenvalue weighted by atomic mass is 32.2. The van der Waals surface area contributed by atoms with Crippen molar-refractivity contribution in [3.8, 4) is 17.9 Å². The van der Waals surface area contributed by atoms with Crippen molar-refractivity contribution < 1.29 is 13.5 Å². The van der Waals surface area contributed by atoms with Crippen LogP contribution in [0.1, 0.15) is 18.4 Å². The molecule has 0 saturated carbocycles. The first-order chi connectivity index (χ1) is 9.52. The third kappa shape index (κ3) is 4.32. The maximum atomic E-state index is 12.2. The molecule has 7 heteroatoms. The van der Waals surface area contributed by atoms with Gasteiger partial charge in [-0.2, -0.15) is 9.57 Å². The minimum Gasteiger partial charge on any atom is -0.395 e. The molecule has 1 N–H and O–H groups in total. The number of pyridine rings is 1. The Kier molecular flexibility index (Phi) is 6.13. The Balaban J connectivity index is 3.00. The van der Waals surface area contributed by atoms with Crippen LogP contribution in [0.5, 0.6) is 0 Å². The van der Waals surface area contributed by atoms with Crippen molar-refractivity contribution in [1.82, 2.24) is 9.29 Å². The van der Waals surface area contributed by atoms with E-state index in [0.29, 0.717) is 12.0 Å². The molecule has 0 bridgehead atoms. The average molecular weight is 293 g/mol. The zero-order chi connectivity index (χ0) is 15.0. The van der Waals surface area contributed by atoms with Crippen molar-refractivity contribution in [3.63, 3.8) is 0 Å². The maximum Gasteiger partial charge on any atom is 0.244 e. The van der Waals surface area contributed by atoms with Gasteiger partial charge < -0.3 is 5.11 Å². The quantitative estimate of drug-likeness (QED) is 0.790. The highest BCUT2D eigenvalue weighted by Gasteiger charge is 2.20. The fourth-order valence-corrected chi connectivity index (χ4v) is 2.52. The number of rotatable bonds is 5. The number of nitriles is 1. The smallest absolute Gasteiger partial charge is 0.244 e. The van der Waals surface area contributed by atoms with Crippen LogP contribution in [0.4, 0.5) is 0 Å². The second-order valence-corrected chi connectivity index (χ2v) is 5.96. The van der Waals surface area contributed by atoms with Crippen molar-refractivity contribution in [3.05, 3.63) is 24.0 Å². The molecule has 1 aromatic rings. The van der Waals surface area contributed by atoms with E-state index in [0.717, 1.165) is 4.31 Å². The molecule has 20 heavy (non-hydrogen) atoms. The lowest BCUT2D eigenvalue weighted by molar-refractivity contribution is 0.305. The first-order valence-corrected chi connectivity index (χ1v) is 7.34. The fraction of sp³-hybridized carbons (Fsp3) is 0.385. The second-order valence-electron chi connectivity index (χ2n) is 3.92. The van der Waals surface area contributed by atoms with Crippen LogP contribution in [0, 0.1) is 23.2 Å².